The molecule has 9 nitrogen and oxygen atoms in total. The molecular formula is C32H35N7O2. The molecule has 0 bridgehead atoms. The molecule has 1 aliphatic rings. The van der Waals surface area contributed by atoms with E-state index in [-0.39, 0.29) is 11.4 Å². The van der Waals surface area contributed by atoms with Crippen LogP contribution in [0.15, 0.2) is 78.8 Å². The lowest BCUT2D eigenvalue weighted by molar-refractivity contribution is -0.118. The summed E-state index contributed by atoms with van der Waals surface area (Å²) in [5.41, 5.74) is 5.58. The summed E-state index contributed by atoms with van der Waals surface area (Å²) in [5.74, 6) is 1.65. The summed E-state index contributed by atoms with van der Waals surface area (Å²) in [7, 11) is 0. The van der Waals surface area contributed by atoms with Gasteiger partial charge in [-0.25, -0.2) is 9.50 Å². The van der Waals surface area contributed by atoms with Crippen molar-refractivity contribution < 1.29 is 9.53 Å². The van der Waals surface area contributed by atoms with Gasteiger partial charge in [0.05, 0.1) is 29.9 Å². The maximum Gasteiger partial charge on any atom is 0.244 e. The molecule has 2 N–H and O–H groups in total. The molecule has 4 aromatic heterocycles. The van der Waals surface area contributed by atoms with Crippen molar-refractivity contribution in [3.63, 3.8) is 0 Å². The lowest BCUT2D eigenvalue weighted by Gasteiger charge is -2.43. The topological polar surface area (TPSA) is 100 Å². The number of nitrogens with zero attached hydrogens (tertiary/aromatic N) is 5. The highest BCUT2D eigenvalue weighted by atomic mass is 16.5. The van der Waals surface area contributed by atoms with Crippen LogP contribution in [0, 0.1) is 0 Å². The maximum atomic E-state index is 12.8. The van der Waals surface area contributed by atoms with Crippen LogP contribution in [0.3, 0.4) is 0 Å². The van der Waals surface area contributed by atoms with Gasteiger partial charge in [-0.3, -0.25) is 9.89 Å². The minimum atomic E-state index is -0.301. The van der Waals surface area contributed by atoms with Gasteiger partial charge in [-0.05, 0) is 63.8 Å². The van der Waals surface area contributed by atoms with Crippen molar-refractivity contribution in [1.29, 1.82) is 0 Å². The first-order chi connectivity index (χ1) is 19.9. The van der Waals surface area contributed by atoms with E-state index in [1.807, 2.05) is 49.8 Å². The van der Waals surface area contributed by atoms with Crippen molar-refractivity contribution in [2.75, 3.05) is 24.6 Å². The van der Waals surface area contributed by atoms with Crippen LogP contribution in [-0.2, 0) is 11.2 Å². The van der Waals surface area contributed by atoms with E-state index in [9.17, 15) is 4.79 Å². The molecule has 9 heteroatoms. The number of carbonyl (C=O) groups excluding carboxylic acids is 1. The average Bonchev–Trinajstić information content (AvgIpc) is 3.55. The number of rotatable bonds is 8. The number of hydrogen-bond donors (Lipinski definition) is 2. The summed E-state index contributed by atoms with van der Waals surface area (Å²) in [6.07, 6.45) is 9.77. The largest absolute Gasteiger partial charge is 0.492 e. The Morgan fingerprint density at radius 1 is 1.12 bits per heavy atom. The Kier molecular flexibility index (Phi) is 7.17. The molecule has 1 amide bonds. The van der Waals surface area contributed by atoms with Crippen molar-refractivity contribution in [3.8, 4) is 16.9 Å². The fourth-order valence-corrected chi connectivity index (χ4v) is 5.79. The molecule has 6 rings (SSSR count). The summed E-state index contributed by atoms with van der Waals surface area (Å²) in [6.45, 7) is 8.04. The van der Waals surface area contributed by atoms with Gasteiger partial charge < -0.3 is 15.0 Å². The number of aromatic nitrogens is 5. The Balaban J connectivity index is 1.24. The summed E-state index contributed by atoms with van der Waals surface area (Å²) >= 11 is 0. The lowest BCUT2D eigenvalue weighted by Crippen LogP contribution is -2.56. The molecule has 5 heterocycles. The monoisotopic (exact) mass is 549 g/mol. The summed E-state index contributed by atoms with van der Waals surface area (Å²) in [5, 5.41) is 16.1. The molecule has 0 unspecified atom stereocenters. The second kappa shape index (κ2) is 11.1. The van der Waals surface area contributed by atoms with E-state index in [1.165, 1.54) is 5.56 Å². The van der Waals surface area contributed by atoms with Crippen molar-refractivity contribution in [3.05, 3.63) is 84.3 Å². The van der Waals surface area contributed by atoms with Crippen LogP contribution < -0.4 is 15.0 Å². The van der Waals surface area contributed by atoms with Gasteiger partial charge in [0.15, 0.2) is 5.65 Å². The molecule has 210 valence electrons. The van der Waals surface area contributed by atoms with Crippen LogP contribution in [0.4, 0.5) is 5.82 Å². The van der Waals surface area contributed by atoms with Gasteiger partial charge in [0, 0.05) is 42.0 Å². The molecule has 0 saturated carbocycles. The zero-order chi connectivity index (χ0) is 28.4. The van der Waals surface area contributed by atoms with Gasteiger partial charge in [-0.2, -0.15) is 5.10 Å². The number of nitrogens with one attached hydrogen (secondary N) is 2. The Hall–Kier alpha value is -4.66. The first kappa shape index (κ1) is 26.6. The molecular weight excluding hydrogens is 514 g/mol. The van der Waals surface area contributed by atoms with E-state index in [1.54, 1.807) is 12.3 Å². The van der Waals surface area contributed by atoms with Gasteiger partial charge in [0.25, 0.3) is 0 Å². The van der Waals surface area contributed by atoms with Crippen LogP contribution in [0.2, 0.25) is 0 Å². The highest BCUT2D eigenvalue weighted by Gasteiger charge is 2.36. The fraction of sp³-hybridized carbons (Fsp3) is 0.312. The minimum absolute atomic E-state index is 0.0240. The molecule has 1 aliphatic heterocycles. The van der Waals surface area contributed by atoms with Gasteiger partial charge in [-0.15, -0.1) is 5.10 Å². The number of benzene rings is 1. The molecule has 1 aromatic carbocycles. The van der Waals surface area contributed by atoms with E-state index in [0.717, 1.165) is 77.2 Å². The van der Waals surface area contributed by atoms with Crippen LogP contribution >= 0.6 is 0 Å². The minimum Gasteiger partial charge on any atom is -0.492 e. The first-order valence-corrected chi connectivity index (χ1v) is 14.1. The van der Waals surface area contributed by atoms with E-state index in [2.05, 4.69) is 61.9 Å². The predicted octanol–water partition coefficient (Wildman–Crippen LogP) is 5.34. The zero-order valence-electron chi connectivity index (χ0n) is 23.7. The van der Waals surface area contributed by atoms with Gasteiger partial charge in [0.2, 0.25) is 5.91 Å². The Morgan fingerprint density at radius 2 is 1.93 bits per heavy atom. The smallest absolute Gasteiger partial charge is 0.244 e. The van der Waals surface area contributed by atoms with Crippen molar-refractivity contribution >= 4 is 28.3 Å². The number of carbonyl (C=O) groups is 1. The molecule has 5 aromatic rings. The molecule has 0 atom stereocenters. The second-order valence-electron chi connectivity index (χ2n) is 11.0. The molecule has 41 heavy (non-hydrogen) atoms. The van der Waals surface area contributed by atoms with Crippen molar-refractivity contribution in [2.45, 2.75) is 45.6 Å². The van der Waals surface area contributed by atoms with Crippen LogP contribution in [0.5, 0.6) is 5.75 Å². The van der Waals surface area contributed by atoms with Crippen molar-refractivity contribution in [2.24, 2.45) is 0 Å². The number of H-pyrrole nitrogens is 1. The zero-order valence-corrected chi connectivity index (χ0v) is 23.7. The number of amides is 1. The summed E-state index contributed by atoms with van der Waals surface area (Å²) in [4.78, 5) is 20.0. The third kappa shape index (κ3) is 5.52. The van der Waals surface area contributed by atoms with E-state index < -0.39 is 0 Å². The highest BCUT2D eigenvalue weighted by Crippen LogP contribution is 2.34. The van der Waals surface area contributed by atoms with Gasteiger partial charge >= 0.3 is 0 Å². The van der Waals surface area contributed by atoms with Crippen LogP contribution in [0.1, 0.15) is 39.2 Å². The standard InChI is InChI=1S/C32H35N7O2/c1-4-41-25-17-26(30-27-20-34-36-31(27)37-39(30)21-25)24-10-11-28(33-19-24)38-14-12-32(13-15-38,35-29(40)16-22(2)3)18-23-8-6-5-7-9-23/h5-11,16-17,19-21H,4,12-15,18H2,1-3H3,(H,35,40)(H,36,37). The lowest BCUT2D eigenvalue weighted by atomic mass is 9.81. The number of pyridine rings is 2. The number of aromatic amines is 1. The normalized spacial score (nSPS) is 14.8. The number of ether oxygens (including phenoxy) is 1. The summed E-state index contributed by atoms with van der Waals surface area (Å²) in [6, 6.07) is 16.6. The molecule has 0 radical (unpaired) electrons. The van der Waals surface area contributed by atoms with E-state index in [4.69, 9.17) is 9.72 Å². The number of anilines is 1. The van der Waals surface area contributed by atoms with E-state index in [0.29, 0.717) is 6.61 Å². The molecule has 0 spiro atoms. The number of hydrogen-bond acceptors (Lipinski definition) is 6. The third-order valence-corrected chi connectivity index (χ3v) is 7.71. The molecule has 0 aliphatic carbocycles. The molecule has 1 saturated heterocycles. The Morgan fingerprint density at radius 3 is 2.63 bits per heavy atom. The van der Waals surface area contributed by atoms with Crippen molar-refractivity contribution in [1.82, 2.24) is 30.1 Å². The Bertz CT molecular complexity index is 1690. The maximum absolute atomic E-state index is 12.8. The van der Waals surface area contributed by atoms with Gasteiger partial charge in [-0.1, -0.05) is 35.9 Å². The highest BCUT2D eigenvalue weighted by molar-refractivity contribution is 6.00. The SMILES string of the molecule is CCOc1cc(-c2ccc(N3CCC(Cc4ccccc4)(NC(=O)C=C(C)C)CC3)nc2)c2c3cn[nH]c3nn2c1. The quantitative estimate of drug-likeness (QED) is 0.254. The summed E-state index contributed by atoms with van der Waals surface area (Å²) < 4.78 is 7.67. The second-order valence-corrected chi connectivity index (χ2v) is 11.0. The Labute approximate surface area is 239 Å². The number of piperidine rings is 1. The number of allylic oxidation sites excluding steroid dienone is 1. The third-order valence-electron chi connectivity index (χ3n) is 7.71. The van der Waals surface area contributed by atoms with Gasteiger partial charge in [0.1, 0.15) is 11.6 Å². The van der Waals surface area contributed by atoms with E-state index >= 15 is 0 Å². The van der Waals surface area contributed by atoms with Crippen LogP contribution in [-0.4, -0.2) is 55.9 Å². The fourth-order valence-electron chi connectivity index (χ4n) is 5.79. The first-order valence-electron chi connectivity index (χ1n) is 14.1. The average molecular weight is 550 g/mol. The van der Waals surface area contributed by atoms with Crippen LogP contribution in [0.25, 0.3) is 27.7 Å². The molecule has 1 fully saturated rings. The predicted molar refractivity (Wildman–Crippen MR) is 161 cm³/mol. The number of fused-ring (bicyclic) bond motifs is 3.